The Morgan fingerprint density at radius 1 is 0.871 bits per heavy atom. The Bertz CT molecular complexity index is 636. The molecule has 0 aromatic rings. The van der Waals surface area contributed by atoms with Crippen LogP contribution >= 0.6 is 12.6 Å². The van der Waals surface area contributed by atoms with Crippen LogP contribution in [0.3, 0.4) is 0 Å². The van der Waals surface area contributed by atoms with Crippen LogP contribution < -0.4 is 33.2 Å². The predicted octanol–water partition coefficient (Wildman–Crippen LogP) is -3.83. The van der Waals surface area contributed by atoms with Crippen molar-refractivity contribution in [3.8, 4) is 0 Å². The zero-order valence-electron chi connectivity index (χ0n) is 17.1. The number of primary amides is 1. The summed E-state index contributed by atoms with van der Waals surface area (Å²) < 4.78 is 0. The van der Waals surface area contributed by atoms with Gasteiger partial charge in [-0.25, -0.2) is 4.79 Å². The van der Waals surface area contributed by atoms with Gasteiger partial charge in [-0.3, -0.25) is 19.2 Å². The maximum Gasteiger partial charge on any atom is 0.326 e. The third kappa shape index (κ3) is 11.5. The second-order valence-corrected chi connectivity index (χ2v) is 7.15. The highest BCUT2D eigenvalue weighted by atomic mass is 32.1. The van der Waals surface area contributed by atoms with Crippen LogP contribution in [0.15, 0.2) is 0 Å². The van der Waals surface area contributed by atoms with E-state index < -0.39 is 60.4 Å². The highest BCUT2D eigenvalue weighted by Gasteiger charge is 2.29. The molecule has 31 heavy (non-hydrogen) atoms. The number of thiol groups is 1. The van der Waals surface area contributed by atoms with Gasteiger partial charge in [-0.1, -0.05) is 0 Å². The van der Waals surface area contributed by atoms with Crippen LogP contribution in [0.2, 0.25) is 0 Å². The third-order valence-electron chi connectivity index (χ3n) is 4.22. The maximum atomic E-state index is 12.6. The smallest absolute Gasteiger partial charge is 0.326 e. The minimum atomic E-state index is -1.38. The number of nitrogens with one attached hydrogen (secondary N) is 3. The molecule has 13 nitrogen and oxygen atoms in total. The SMILES string of the molecule is NCCCCC(NC(=O)C(CS)NC(=O)C(N)CO)C(=O)NC(CCC(N)=O)C(=O)O. The lowest BCUT2D eigenvalue weighted by Gasteiger charge is -2.24. The van der Waals surface area contributed by atoms with Crippen molar-refractivity contribution in [1.82, 2.24) is 16.0 Å². The summed E-state index contributed by atoms with van der Waals surface area (Å²) in [5.41, 5.74) is 15.9. The molecule has 0 saturated carbocycles. The largest absolute Gasteiger partial charge is 0.480 e. The summed E-state index contributed by atoms with van der Waals surface area (Å²) in [6.45, 7) is -0.272. The maximum absolute atomic E-state index is 12.6. The minimum Gasteiger partial charge on any atom is -0.480 e. The van der Waals surface area contributed by atoms with E-state index in [2.05, 4.69) is 28.6 Å². The molecule has 0 aromatic carbocycles. The third-order valence-corrected chi connectivity index (χ3v) is 4.59. The number of rotatable bonds is 16. The van der Waals surface area contributed by atoms with Crippen LogP contribution in [-0.4, -0.2) is 82.9 Å². The molecule has 14 heteroatoms. The zero-order chi connectivity index (χ0) is 24.0. The van der Waals surface area contributed by atoms with E-state index in [1.807, 2.05) is 0 Å². The number of unbranched alkanes of at least 4 members (excludes halogenated alkanes) is 1. The summed E-state index contributed by atoms with van der Waals surface area (Å²) in [4.78, 5) is 59.3. The number of carbonyl (C=O) groups is 5. The molecular weight excluding hydrogens is 432 g/mol. The number of aliphatic carboxylic acids is 1. The average molecular weight is 465 g/mol. The molecule has 11 N–H and O–H groups in total. The number of hydrogen-bond donors (Lipinski definition) is 9. The van der Waals surface area contributed by atoms with Gasteiger partial charge in [-0.05, 0) is 32.2 Å². The Kier molecular flexibility index (Phi) is 14.2. The van der Waals surface area contributed by atoms with Crippen molar-refractivity contribution >= 4 is 42.2 Å². The van der Waals surface area contributed by atoms with Crippen molar-refractivity contribution < 1.29 is 34.2 Å². The van der Waals surface area contributed by atoms with Crippen LogP contribution in [0.5, 0.6) is 0 Å². The fourth-order valence-corrected chi connectivity index (χ4v) is 2.66. The van der Waals surface area contributed by atoms with E-state index in [-0.39, 0.29) is 25.0 Å². The standard InChI is InChI=1S/C17H32N6O7S/c18-6-2-1-3-10(15(27)22-11(17(29)30)4-5-13(20)25)21-16(28)12(8-31)23-14(26)9(19)7-24/h9-12,24,31H,1-8,18-19H2,(H2,20,25)(H,21,28)(H,22,27)(H,23,26)(H,29,30). The van der Waals surface area contributed by atoms with Crippen LogP contribution in [-0.2, 0) is 24.0 Å². The van der Waals surface area contributed by atoms with E-state index in [4.69, 9.17) is 22.3 Å². The van der Waals surface area contributed by atoms with E-state index in [0.29, 0.717) is 19.4 Å². The number of amides is 4. The van der Waals surface area contributed by atoms with Gasteiger partial charge in [0.1, 0.15) is 24.2 Å². The molecule has 4 atom stereocenters. The number of carbonyl (C=O) groups excluding carboxylic acids is 4. The van der Waals surface area contributed by atoms with Gasteiger partial charge in [0, 0.05) is 12.2 Å². The summed E-state index contributed by atoms with van der Waals surface area (Å²) in [5.74, 6) is -4.51. The van der Waals surface area contributed by atoms with Crippen molar-refractivity contribution in [2.24, 2.45) is 17.2 Å². The number of carboxylic acids is 1. The zero-order valence-corrected chi connectivity index (χ0v) is 18.0. The lowest BCUT2D eigenvalue weighted by atomic mass is 10.1. The molecule has 0 rings (SSSR count). The van der Waals surface area contributed by atoms with Gasteiger partial charge in [-0.2, -0.15) is 12.6 Å². The molecule has 0 heterocycles. The highest BCUT2D eigenvalue weighted by molar-refractivity contribution is 7.80. The summed E-state index contributed by atoms with van der Waals surface area (Å²) in [5, 5.41) is 25.2. The first-order valence-corrected chi connectivity index (χ1v) is 10.3. The Morgan fingerprint density at radius 3 is 1.90 bits per heavy atom. The van der Waals surface area contributed by atoms with Crippen LogP contribution in [0.4, 0.5) is 0 Å². The van der Waals surface area contributed by atoms with E-state index in [1.54, 1.807) is 0 Å². The lowest BCUT2D eigenvalue weighted by Crippen LogP contribution is -2.58. The van der Waals surface area contributed by atoms with Crippen molar-refractivity contribution in [3.05, 3.63) is 0 Å². The van der Waals surface area contributed by atoms with Crippen molar-refractivity contribution in [2.45, 2.75) is 56.3 Å². The molecule has 178 valence electrons. The molecule has 0 spiro atoms. The van der Waals surface area contributed by atoms with E-state index >= 15 is 0 Å². The second-order valence-electron chi connectivity index (χ2n) is 6.78. The molecule has 0 saturated heterocycles. The van der Waals surface area contributed by atoms with Crippen molar-refractivity contribution in [3.63, 3.8) is 0 Å². The van der Waals surface area contributed by atoms with Crippen LogP contribution in [0.25, 0.3) is 0 Å². The lowest BCUT2D eigenvalue weighted by molar-refractivity contribution is -0.142. The summed E-state index contributed by atoms with van der Waals surface area (Å²) in [6.07, 6.45) is 0.706. The molecule has 4 unspecified atom stereocenters. The molecule has 0 radical (unpaired) electrons. The average Bonchev–Trinajstić information content (AvgIpc) is 2.72. The van der Waals surface area contributed by atoms with Gasteiger partial charge in [0.05, 0.1) is 6.61 Å². The van der Waals surface area contributed by atoms with Crippen molar-refractivity contribution in [1.29, 1.82) is 0 Å². The van der Waals surface area contributed by atoms with Gasteiger partial charge in [-0.15, -0.1) is 0 Å². The molecule has 0 aliphatic heterocycles. The fourth-order valence-electron chi connectivity index (χ4n) is 2.41. The second kappa shape index (κ2) is 15.4. The molecule has 0 bridgehead atoms. The Balaban J connectivity index is 5.26. The molecule has 0 aromatic heterocycles. The monoisotopic (exact) mass is 464 g/mol. The first-order valence-electron chi connectivity index (χ1n) is 9.66. The van der Waals surface area contributed by atoms with Gasteiger partial charge < -0.3 is 43.4 Å². The number of aliphatic hydroxyl groups excluding tert-OH is 1. The van der Waals surface area contributed by atoms with Crippen LogP contribution in [0.1, 0.15) is 32.1 Å². The van der Waals surface area contributed by atoms with Gasteiger partial charge in [0.15, 0.2) is 0 Å². The number of aliphatic hydroxyl groups is 1. The molecule has 0 aliphatic carbocycles. The van der Waals surface area contributed by atoms with E-state index in [0.717, 1.165) is 0 Å². The fraction of sp³-hybridized carbons (Fsp3) is 0.706. The van der Waals surface area contributed by atoms with Crippen molar-refractivity contribution in [2.75, 3.05) is 18.9 Å². The summed E-state index contributed by atoms with van der Waals surface area (Å²) in [7, 11) is 0. The van der Waals surface area contributed by atoms with E-state index in [1.165, 1.54) is 0 Å². The summed E-state index contributed by atoms with van der Waals surface area (Å²) in [6, 6.07) is -4.89. The van der Waals surface area contributed by atoms with Gasteiger partial charge >= 0.3 is 5.97 Å². The first-order chi connectivity index (χ1) is 14.6. The topological polar surface area (TPSA) is 240 Å². The Labute approximate surface area is 185 Å². The highest BCUT2D eigenvalue weighted by Crippen LogP contribution is 2.05. The Morgan fingerprint density at radius 2 is 1.42 bits per heavy atom. The quantitative estimate of drug-likeness (QED) is 0.0801. The van der Waals surface area contributed by atoms with Gasteiger partial charge in [0.25, 0.3) is 0 Å². The van der Waals surface area contributed by atoms with Crippen LogP contribution in [0, 0.1) is 0 Å². The number of nitrogens with two attached hydrogens (primary N) is 3. The predicted molar refractivity (Wildman–Crippen MR) is 114 cm³/mol. The molecule has 4 amide bonds. The summed E-state index contributed by atoms with van der Waals surface area (Å²) >= 11 is 4.00. The van der Waals surface area contributed by atoms with E-state index in [9.17, 15) is 29.1 Å². The Hall–Kier alpha value is -2.42. The molecular formula is C17H32N6O7S. The molecule has 0 fully saturated rings. The molecule has 0 aliphatic rings. The number of hydrogen-bond acceptors (Lipinski definition) is 9. The first kappa shape index (κ1) is 28.6. The van der Waals surface area contributed by atoms with Gasteiger partial charge in [0.2, 0.25) is 23.6 Å². The number of carboxylic acid groups (broad SMARTS) is 1. The normalized spacial score (nSPS) is 14.6. The minimum absolute atomic E-state index is 0.122.